The van der Waals surface area contributed by atoms with Crippen molar-refractivity contribution in [3.63, 3.8) is 0 Å². The first-order valence-electron chi connectivity index (χ1n) is 33.9. The molecule has 0 aromatic carbocycles. The van der Waals surface area contributed by atoms with Gasteiger partial charge in [-0.3, -0.25) is 28.8 Å². The third-order valence-corrected chi connectivity index (χ3v) is 31.0. The number of amides is 6. The normalized spacial score (nSPS) is 49.7. The summed E-state index contributed by atoms with van der Waals surface area (Å²) in [6.45, 7) is -5.44. The largest absolute Gasteiger partial charge is 0.394 e. The molecule has 0 aliphatic heterocycles. The summed E-state index contributed by atoms with van der Waals surface area (Å²) in [5, 5.41) is 146. The standard InChI is InChI=1S/C66H86N6O18/c1-18-27-33-34-28(18)49-46-38-32(54-56(49)65(54,59(87)69-21(10-77)11-78)60(88)70-22(12-79)13-80)26-3-5-63-4-2-25-29-35-37-31(25)53-55(64(53,57(85)67-19(6-73)7-74)58(86)68-20(8-75)9-76)48(27)45(37)39(33)43-41(35)47-42(44(43)40(34)46)36(38)30(26)52(50(47)51(29)63)66(63,61(89)71-23(14-81)15-82)62(90)72-24(16-83)17-84/h2-5,18-46,48-49,51-56,73-84H,6-17H2,1H3,(H,67,85)(H,68,86)(H,69,87)(H,70,88)(H,71,89)(H,72,90). The van der Waals surface area contributed by atoms with E-state index >= 15 is 28.8 Å². The van der Waals surface area contributed by atoms with Gasteiger partial charge in [-0.05, 0) is 178 Å². The second kappa shape index (κ2) is 18.9. The molecular formula is C66H86N6O18. The van der Waals surface area contributed by atoms with Crippen molar-refractivity contribution >= 4 is 35.4 Å². The minimum Gasteiger partial charge on any atom is -0.394 e. The molecule has 488 valence electrons. The van der Waals surface area contributed by atoms with Crippen LogP contribution in [0.5, 0.6) is 0 Å². The Morgan fingerprint density at radius 1 is 0.333 bits per heavy atom. The number of carbonyl (C=O) groups excluding carboxylic acids is 6. The van der Waals surface area contributed by atoms with Gasteiger partial charge in [-0.25, -0.2) is 0 Å². The Morgan fingerprint density at radius 3 is 0.933 bits per heavy atom. The van der Waals surface area contributed by atoms with Crippen LogP contribution in [0, 0.1) is 205 Å². The van der Waals surface area contributed by atoms with E-state index in [1.807, 2.05) is 6.08 Å². The molecule has 32 atom stereocenters. The predicted molar refractivity (Wildman–Crippen MR) is 306 cm³/mol. The van der Waals surface area contributed by atoms with Crippen molar-refractivity contribution in [3.05, 3.63) is 35.5 Å². The van der Waals surface area contributed by atoms with Crippen LogP contribution in [0.25, 0.3) is 0 Å². The molecule has 0 heterocycles. The number of aliphatic hydroxyl groups is 12. The van der Waals surface area contributed by atoms with Crippen LogP contribution < -0.4 is 31.9 Å². The number of hydrogen-bond acceptors (Lipinski definition) is 18. The molecule has 24 nitrogen and oxygen atoms in total. The Morgan fingerprint density at radius 2 is 0.600 bits per heavy atom. The monoisotopic (exact) mass is 1250 g/mol. The Labute approximate surface area is 518 Å². The predicted octanol–water partition coefficient (Wildman–Crippen LogP) is -6.48. The molecule has 18 aliphatic rings. The summed E-state index contributed by atoms with van der Waals surface area (Å²) >= 11 is 0. The Bertz CT molecular complexity index is 3170. The highest BCUT2D eigenvalue weighted by Crippen LogP contribution is 2.98. The highest BCUT2D eigenvalue weighted by molar-refractivity contribution is 6.12. The maximum atomic E-state index is 16.9. The Balaban J connectivity index is 0.944. The summed E-state index contributed by atoms with van der Waals surface area (Å²) < 4.78 is 0. The second-order valence-electron chi connectivity index (χ2n) is 32.0. The minimum absolute atomic E-state index is 0.00397. The van der Waals surface area contributed by atoms with Crippen molar-refractivity contribution in [1.29, 1.82) is 0 Å². The van der Waals surface area contributed by atoms with E-state index in [0.717, 1.165) is 5.57 Å². The number of fused-ring (bicyclic) bond motifs is 10. The molecule has 32 unspecified atom stereocenters. The third-order valence-electron chi connectivity index (χ3n) is 31.0. The number of hydrogen-bond donors (Lipinski definition) is 18. The number of carbonyl (C=O) groups is 6. The molecular weight excluding hydrogens is 1160 g/mol. The van der Waals surface area contributed by atoms with Crippen LogP contribution in [0.3, 0.4) is 0 Å². The van der Waals surface area contributed by atoms with Crippen LogP contribution in [0.15, 0.2) is 35.5 Å². The van der Waals surface area contributed by atoms with Crippen LogP contribution in [0.4, 0.5) is 0 Å². The Kier molecular flexibility index (Phi) is 12.2. The van der Waals surface area contributed by atoms with Gasteiger partial charge in [-0.1, -0.05) is 42.4 Å². The smallest absolute Gasteiger partial charge is 0.237 e. The molecule has 0 saturated heterocycles. The quantitative estimate of drug-likeness (QED) is 0.0316. The number of allylic oxidation sites excluding steroid dienone is 6. The van der Waals surface area contributed by atoms with Crippen molar-refractivity contribution < 1.29 is 90.0 Å². The summed E-state index contributed by atoms with van der Waals surface area (Å²) in [7, 11) is 0. The number of nitrogens with one attached hydrogen (secondary N) is 6. The van der Waals surface area contributed by atoms with E-state index in [4.69, 9.17) is 0 Å². The lowest BCUT2D eigenvalue weighted by Gasteiger charge is -2.61. The van der Waals surface area contributed by atoms with Crippen LogP contribution >= 0.6 is 0 Å². The lowest BCUT2D eigenvalue weighted by atomic mass is 9.43. The molecule has 14 saturated carbocycles. The van der Waals surface area contributed by atoms with Gasteiger partial charge in [-0.2, -0.15) is 0 Å². The van der Waals surface area contributed by atoms with Gasteiger partial charge >= 0.3 is 0 Å². The lowest BCUT2D eigenvalue weighted by Crippen LogP contribution is -2.66. The van der Waals surface area contributed by atoms with Crippen molar-refractivity contribution in [1.82, 2.24) is 31.9 Å². The zero-order valence-corrected chi connectivity index (χ0v) is 50.0. The van der Waals surface area contributed by atoms with Crippen LogP contribution in [0.2, 0.25) is 0 Å². The molecule has 6 amide bonds. The summed E-state index contributed by atoms with van der Waals surface area (Å²) in [4.78, 5) is 98.2. The van der Waals surface area contributed by atoms with Gasteiger partial charge < -0.3 is 93.2 Å². The van der Waals surface area contributed by atoms with Crippen molar-refractivity contribution in [2.75, 3.05) is 79.3 Å². The van der Waals surface area contributed by atoms with Gasteiger partial charge in [0, 0.05) is 11.3 Å². The molecule has 18 N–H and O–H groups in total. The molecule has 0 aromatic rings. The second-order valence-corrected chi connectivity index (χ2v) is 32.0. The van der Waals surface area contributed by atoms with Crippen molar-refractivity contribution in [3.8, 4) is 0 Å². The number of aliphatic hydroxyl groups excluding tert-OH is 12. The molecule has 2 bridgehead atoms. The van der Waals surface area contributed by atoms with Crippen LogP contribution in [0.1, 0.15) is 6.92 Å². The fraction of sp³-hybridized carbons (Fsp3) is 0.818. The zero-order valence-electron chi connectivity index (χ0n) is 50.0. The average molecular weight is 1250 g/mol. The van der Waals surface area contributed by atoms with Gasteiger partial charge in [0.15, 0.2) is 0 Å². The molecule has 0 radical (unpaired) electrons. The summed E-state index contributed by atoms with van der Waals surface area (Å²) in [5.74, 6) is -11.0. The highest BCUT2D eigenvalue weighted by Gasteiger charge is 2.98. The van der Waals surface area contributed by atoms with E-state index < -0.39 is 226 Å². The zero-order chi connectivity index (χ0) is 62.5. The van der Waals surface area contributed by atoms with Gasteiger partial charge in [0.2, 0.25) is 35.4 Å². The van der Waals surface area contributed by atoms with Gasteiger partial charge in [0.05, 0.1) is 116 Å². The highest BCUT2D eigenvalue weighted by atomic mass is 16.3. The number of rotatable bonds is 24. The van der Waals surface area contributed by atoms with Gasteiger partial charge in [-0.15, -0.1) is 0 Å². The maximum Gasteiger partial charge on any atom is 0.237 e. The van der Waals surface area contributed by atoms with E-state index in [2.05, 4.69) is 57.1 Å². The molecule has 0 aromatic heterocycles. The van der Waals surface area contributed by atoms with E-state index in [9.17, 15) is 61.3 Å². The van der Waals surface area contributed by atoms with E-state index in [0.29, 0.717) is 0 Å². The average Bonchev–Trinajstić information content (AvgIpc) is 1.41. The molecule has 1 spiro atoms. The molecule has 90 heavy (non-hydrogen) atoms. The summed E-state index contributed by atoms with van der Waals surface area (Å²) in [5.41, 5.74) is -4.98. The molecule has 18 aliphatic carbocycles. The van der Waals surface area contributed by atoms with Crippen molar-refractivity contribution in [2.24, 2.45) is 205 Å². The van der Waals surface area contributed by atoms with Gasteiger partial charge in [0.1, 0.15) is 16.2 Å². The summed E-state index contributed by atoms with van der Waals surface area (Å²) in [6.07, 6.45) is 8.43. The topological polar surface area (TPSA) is 417 Å². The van der Waals surface area contributed by atoms with E-state index in [1.54, 1.807) is 0 Å². The van der Waals surface area contributed by atoms with Crippen LogP contribution in [-0.2, 0) is 28.8 Å². The minimum atomic E-state index is -2.14. The third kappa shape index (κ3) is 5.83. The van der Waals surface area contributed by atoms with E-state index in [-0.39, 0.29) is 130 Å². The Hall–Kier alpha value is -4.44. The fourth-order valence-electron chi connectivity index (χ4n) is 30.2. The summed E-state index contributed by atoms with van der Waals surface area (Å²) in [6, 6.07) is -7.01. The van der Waals surface area contributed by atoms with Gasteiger partial charge in [0.25, 0.3) is 0 Å². The molecule has 24 heteroatoms. The first kappa shape index (κ1) is 58.2. The van der Waals surface area contributed by atoms with Crippen molar-refractivity contribution in [2.45, 2.75) is 43.2 Å². The molecule has 18 rings (SSSR count). The first-order chi connectivity index (χ1) is 43.6. The fourth-order valence-corrected chi connectivity index (χ4v) is 30.2. The first-order valence-corrected chi connectivity index (χ1v) is 33.9. The maximum absolute atomic E-state index is 16.9. The lowest BCUT2D eigenvalue weighted by molar-refractivity contribution is -0.162. The van der Waals surface area contributed by atoms with Crippen LogP contribution in [-0.4, -0.2) is 212 Å². The SMILES string of the molecule is CC1C2C3C4C1C1C5C4C4C6C7=C8C9C%10C(C=CC9%11C=CC9C(C5C6C9C8C%11(C(=O)NC(CO)CO)C(=O)NC(CO)CO)C5C1C5(C(=O)NC(CO)CO)C(=O)NC(CO)CO)C1C5C%10C7C4C3C5C2C2C1C2(C(=O)NC(CO)CO)C(=O)NC(CO)CO. The van der Waals surface area contributed by atoms with E-state index in [1.165, 1.54) is 5.57 Å². The molecule has 14 fully saturated rings.